The van der Waals surface area contributed by atoms with Crippen molar-refractivity contribution in [1.29, 1.82) is 0 Å². The first kappa shape index (κ1) is 27.8. The Kier molecular flexibility index (Phi) is 9.72. The first-order chi connectivity index (χ1) is 17.7. The smallest absolute Gasteiger partial charge is 0.270 e. The summed E-state index contributed by atoms with van der Waals surface area (Å²) in [4.78, 5) is 51.8. The van der Waals surface area contributed by atoms with Gasteiger partial charge >= 0.3 is 0 Å². The third kappa shape index (κ3) is 7.35. The van der Waals surface area contributed by atoms with Gasteiger partial charge in [0, 0.05) is 51.8 Å². The molecule has 1 aromatic heterocycles. The summed E-state index contributed by atoms with van der Waals surface area (Å²) >= 11 is 0. The second-order valence-electron chi connectivity index (χ2n) is 8.78. The summed E-state index contributed by atoms with van der Waals surface area (Å²) in [6.07, 6.45) is 1.83. The molecule has 200 valence electrons. The van der Waals surface area contributed by atoms with Crippen molar-refractivity contribution in [1.82, 2.24) is 30.6 Å². The number of hydrogen-bond donors (Lipinski definition) is 4. The van der Waals surface area contributed by atoms with Crippen molar-refractivity contribution in [2.75, 3.05) is 31.5 Å². The second-order valence-corrected chi connectivity index (χ2v) is 8.78. The van der Waals surface area contributed by atoms with Crippen molar-refractivity contribution >= 4 is 29.3 Å². The van der Waals surface area contributed by atoms with Gasteiger partial charge in [0.2, 0.25) is 17.7 Å². The van der Waals surface area contributed by atoms with Crippen LogP contribution >= 0.6 is 0 Å². The van der Waals surface area contributed by atoms with Crippen LogP contribution in [0.25, 0.3) is 0 Å². The number of halogens is 1. The zero-order chi connectivity index (χ0) is 26.9. The van der Waals surface area contributed by atoms with Gasteiger partial charge in [0.1, 0.15) is 23.6 Å². The minimum absolute atomic E-state index is 0.0592. The fourth-order valence-electron chi connectivity index (χ4n) is 3.98. The number of rotatable bonds is 10. The molecular weight excluding hydrogens is 481 g/mol. The van der Waals surface area contributed by atoms with Crippen LogP contribution in [0.2, 0.25) is 0 Å². The predicted octanol–water partition coefficient (Wildman–Crippen LogP) is 0.668. The average molecular weight is 516 g/mol. The van der Waals surface area contributed by atoms with Crippen molar-refractivity contribution in [3.05, 3.63) is 47.5 Å². The Balaban J connectivity index is 1.64. The fraction of sp³-hybridized carbons (Fsp3) is 0.480. The van der Waals surface area contributed by atoms with Crippen LogP contribution in [0.15, 0.2) is 30.5 Å². The van der Waals surface area contributed by atoms with Gasteiger partial charge in [0.15, 0.2) is 0 Å². The number of aromatic nitrogens is 2. The molecule has 0 bridgehead atoms. The zero-order valence-corrected chi connectivity index (χ0v) is 21.3. The Morgan fingerprint density at radius 3 is 2.49 bits per heavy atom. The van der Waals surface area contributed by atoms with Gasteiger partial charge in [0.05, 0.1) is 5.69 Å². The van der Waals surface area contributed by atoms with Gasteiger partial charge in [-0.25, -0.2) is 4.39 Å². The third-order valence-electron chi connectivity index (χ3n) is 6.10. The molecule has 0 aliphatic carbocycles. The molecule has 11 nitrogen and oxygen atoms in total. The SMILES string of the molecule is CCC(=O)N[C@H](Cc1ccc(NC(=O)[C@H](C)NC(=O)c2ccnn2CC)c(F)c1)C(=O)N1CCNCC1. The van der Waals surface area contributed by atoms with Gasteiger partial charge in [-0.2, -0.15) is 5.10 Å². The Labute approximate surface area is 215 Å². The number of carbonyl (C=O) groups is 4. The number of anilines is 1. The van der Waals surface area contributed by atoms with E-state index in [0.717, 1.165) is 0 Å². The quantitative estimate of drug-likeness (QED) is 0.367. The molecule has 1 fully saturated rings. The lowest BCUT2D eigenvalue weighted by molar-refractivity contribution is -0.136. The summed E-state index contributed by atoms with van der Waals surface area (Å²) in [5, 5.41) is 15.0. The van der Waals surface area contributed by atoms with E-state index in [1.165, 1.54) is 29.9 Å². The molecule has 0 unspecified atom stereocenters. The highest BCUT2D eigenvalue weighted by molar-refractivity contribution is 6.00. The van der Waals surface area contributed by atoms with Crippen LogP contribution in [0.3, 0.4) is 0 Å². The summed E-state index contributed by atoms with van der Waals surface area (Å²) in [6, 6.07) is 4.02. The molecule has 2 aromatic rings. The summed E-state index contributed by atoms with van der Waals surface area (Å²) in [6.45, 7) is 7.94. The minimum atomic E-state index is -0.933. The maximum atomic E-state index is 14.9. The molecule has 1 aliphatic heterocycles. The van der Waals surface area contributed by atoms with Gasteiger partial charge < -0.3 is 26.2 Å². The molecule has 12 heteroatoms. The number of carbonyl (C=O) groups excluding carboxylic acids is 4. The van der Waals surface area contributed by atoms with E-state index < -0.39 is 29.7 Å². The Morgan fingerprint density at radius 1 is 1.11 bits per heavy atom. The van der Waals surface area contributed by atoms with E-state index >= 15 is 0 Å². The standard InChI is InChI=1S/C25H34FN7O4/c1-4-22(34)30-20(25(37)32-12-10-27-11-13-32)15-17-6-7-19(18(26)14-17)31-23(35)16(3)29-24(36)21-8-9-28-33(21)5-2/h6-9,14,16,20,27H,4-5,10-13,15H2,1-3H3,(H,29,36)(H,30,34)(H,31,35)/t16-,20+/m0/s1. The minimum Gasteiger partial charge on any atom is -0.344 e. The zero-order valence-electron chi connectivity index (χ0n) is 21.3. The maximum Gasteiger partial charge on any atom is 0.270 e. The van der Waals surface area contributed by atoms with Gasteiger partial charge in [-0.05, 0) is 37.6 Å². The van der Waals surface area contributed by atoms with E-state index in [1.807, 2.05) is 6.92 Å². The van der Waals surface area contributed by atoms with Crippen molar-refractivity contribution in [2.24, 2.45) is 0 Å². The molecule has 1 aromatic carbocycles. The molecule has 2 heterocycles. The highest BCUT2D eigenvalue weighted by atomic mass is 19.1. The number of aryl methyl sites for hydroxylation is 1. The van der Waals surface area contributed by atoms with Crippen molar-refractivity contribution in [3.63, 3.8) is 0 Å². The topological polar surface area (TPSA) is 137 Å². The van der Waals surface area contributed by atoms with Crippen LogP contribution in [-0.2, 0) is 27.3 Å². The summed E-state index contributed by atoms with van der Waals surface area (Å²) < 4.78 is 16.4. The second kappa shape index (κ2) is 12.9. The molecule has 1 aliphatic rings. The van der Waals surface area contributed by atoms with Crippen molar-refractivity contribution < 1.29 is 23.6 Å². The number of nitrogens with zero attached hydrogens (tertiary/aromatic N) is 3. The first-order valence-corrected chi connectivity index (χ1v) is 12.4. The fourth-order valence-corrected chi connectivity index (χ4v) is 3.98. The highest BCUT2D eigenvalue weighted by Gasteiger charge is 2.27. The van der Waals surface area contributed by atoms with Crippen LogP contribution in [-0.4, -0.2) is 76.6 Å². The van der Waals surface area contributed by atoms with E-state index in [2.05, 4.69) is 26.4 Å². The highest BCUT2D eigenvalue weighted by Crippen LogP contribution is 2.18. The lowest BCUT2D eigenvalue weighted by Crippen LogP contribution is -2.54. The van der Waals surface area contributed by atoms with E-state index in [4.69, 9.17) is 0 Å². The van der Waals surface area contributed by atoms with Crippen molar-refractivity contribution in [2.45, 2.75) is 52.2 Å². The Hall–Kier alpha value is -3.80. The molecule has 1 saturated heterocycles. The monoisotopic (exact) mass is 515 g/mol. The normalized spacial score (nSPS) is 15.0. The first-order valence-electron chi connectivity index (χ1n) is 12.4. The van der Waals surface area contributed by atoms with Crippen molar-refractivity contribution in [3.8, 4) is 0 Å². The van der Waals surface area contributed by atoms with Gasteiger partial charge in [-0.1, -0.05) is 13.0 Å². The number of hydrogen-bond acceptors (Lipinski definition) is 6. The van der Waals surface area contributed by atoms with Crippen LogP contribution in [0, 0.1) is 5.82 Å². The van der Waals surface area contributed by atoms with Gasteiger partial charge in [-0.15, -0.1) is 0 Å². The molecule has 0 saturated carbocycles. The molecule has 37 heavy (non-hydrogen) atoms. The molecule has 4 N–H and O–H groups in total. The summed E-state index contributed by atoms with van der Waals surface area (Å²) in [7, 11) is 0. The van der Waals surface area contributed by atoms with Gasteiger partial charge in [-0.3, -0.25) is 23.9 Å². The molecule has 0 radical (unpaired) electrons. The maximum absolute atomic E-state index is 14.9. The number of nitrogens with one attached hydrogen (secondary N) is 4. The molecular formula is C25H34FN7O4. The van der Waals surface area contributed by atoms with E-state index in [-0.39, 0.29) is 30.3 Å². The van der Waals surface area contributed by atoms with Crippen LogP contribution in [0.1, 0.15) is 43.2 Å². The van der Waals surface area contributed by atoms with E-state index in [0.29, 0.717) is 44.0 Å². The van der Waals surface area contributed by atoms with E-state index in [1.54, 1.807) is 24.0 Å². The molecule has 2 atom stereocenters. The molecule has 4 amide bonds. The average Bonchev–Trinajstić information content (AvgIpc) is 3.39. The summed E-state index contributed by atoms with van der Waals surface area (Å²) in [5.74, 6) is -2.23. The van der Waals surface area contributed by atoms with Crippen LogP contribution in [0.4, 0.5) is 10.1 Å². The molecule has 3 rings (SSSR count). The number of benzene rings is 1. The van der Waals surface area contributed by atoms with Crippen LogP contribution < -0.4 is 21.3 Å². The lowest BCUT2D eigenvalue weighted by Gasteiger charge is -2.31. The summed E-state index contributed by atoms with van der Waals surface area (Å²) in [5.41, 5.74) is 0.753. The Bertz CT molecular complexity index is 1130. The van der Waals surface area contributed by atoms with E-state index in [9.17, 15) is 23.6 Å². The molecule has 0 spiro atoms. The predicted molar refractivity (Wildman–Crippen MR) is 135 cm³/mol. The number of piperazine rings is 1. The lowest BCUT2D eigenvalue weighted by atomic mass is 10.0. The number of amides is 4. The third-order valence-corrected chi connectivity index (χ3v) is 6.10. The van der Waals surface area contributed by atoms with Crippen LogP contribution in [0.5, 0.6) is 0 Å². The largest absolute Gasteiger partial charge is 0.344 e. The van der Waals surface area contributed by atoms with Gasteiger partial charge in [0.25, 0.3) is 5.91 Å². The Morgan fingerprint density at radius 2 is 1.84 bits per heavy atom.